The van der Waals surface area contributed by atoms with E-state index in [4.69, 9.17) is 14.4 Å². The summed E-state index contributed by atoms with van der Waals surface area (Å²) >= 11 is 0. The highest BCUT2D eigenvalue weighted by atomic mass is 16.5. The van der Waals surface area contributed by atoms with Gasteiger partial charge in [-0.15, -0.1) is 0 Å². The number of ether oxygens (including phenoxy) is 1. The van der Waals surface area contributed by atoms with Crippen molar-refractivity contribution in [3.05, 3.63) is 17.0 Å². The van der Waals surface area contributed by atoms with Crippen molar-refractivity contribution in [3.63, 3.8) is 0 Å². The molecule has 1 unspecified atom stereocenters. The number of aromatic nitrogens is 1. The Labute approximate surface area is 110 Å². The highest BCUT2D eigenvalue weighted by molar-refractivity contribution is 5.85. The molecule has 7 nitrogen and oxygen atoms in total. The maximum absolute atomic E-state index is 12.2. The lowest BCUT2D eigenvalue weighted by molar-refractivity contribution is -0.158. The lowest BCUT2D eigenvalue weighted by atomic mass is 10.1. The third kappa shape index (κ3) is 2.76. The van der Waals surface area contributed by atoms with Crippen molar-refractivity contribution in [2.75, 3.05) is 19.8 Å². The number of carbonyl (C=O) groups excluding carboxylic acids is 1. The third-order valence-electron chi connectivity index (χ3n) is 3.24. The first-order valence-corrected chi connectivity index (χ1v) is 6.02. The highest BCUT2D eigenvalue weighted by Crippen LogP contribution is 2.16. The number of morpholine rings is 1. The molecular formula is C12H16N2O5. The van der Waals surface area contributed by atoms with Crippen LogP contribution in [0.4, 0.5) is 0 Å². The first kappa shape index (κ1) is 13.5. The Balaban J connectivity index is 2.12. The average molecular weight is 268 g/mol. The monoisotopic (exact) mass is 268 g/mol. The summed E-state index contributed by atoms with van der Waals surface area (Å²) in [6.45, 7) is 4.17. The smallest absolute Gasteiger partial charge is 0.328 e. The number of rotatable bonds is 3. The number of hydrogen-bond acceptors (Lipinski definition) is 5. The molecule has 2 rings (SSSR count). The van der Waals surface area contributed by atoms with Gasteiger partial charge in [-0.05, 0) is 13.8 Å². The molecule has 0 saturated carbocycles. The standard InChI is InChI=1S/C12H16N2O5/c1-7-9(8(2)19-13-7)5-11(15)14-3-4-18-6-10(14)12(16)17/h10H,3-6H2,1-2H3,(H,16,17). The Morgan fingerprint density at radius 2 is 2.21 bits per heavy atom. The number of carboxylic acid groups (broad SMARTS) is 1. The molecule has 0 spiro atoms. The average Bonchev–Trinajstić information content (AvgIpc) is 2.70. The molecular weight excluding hydrogens is 252 g/mol. The summed E-state index contributed by atoms with van der Waals surface area (Å²) in [5, 5.41) is 12.9. The normalized spacial score (nSPS) is 19.5. The van der Waals surface area contributed by atoms with Gasteiger partial charge in [0, 0.05) is 12.1 Å². The molecule has 0 aliphatic carbocycles. The van der Waals surface area contributed by atoms with Crippen LogP contribution in [0.1, 0.15) is 17.0 Å². The van der Waals surface area contributed by atoms with E-state index in [-0.39, 0.29) is 18.9 Å². The van der Waals surface area contributed by atoms with Gasteiger partial charge < -0.3 is 19.3 Å². The predicted molar refractivity (Wildman–Crippen MR) is 63.6 cm³/mol. The van der Waals surface area contributed by atoms with E-state index in [0.717, 1.165) is 5.56 Å². The van der Waals surface area contributed by atoms with Gasteiger partial charge in [0.2, 0.25) is 5.91 Å². The van der Waals surface area contributed by atoms with Crippen LogP contribution < -0.4 is 0 Å². The van der Waals surface area contributed by atoms with Gasteiger partial charge >= 0.3 is 5.97 Å². The van der Waals surface area contributed by atoms with Gasteiger partial charge in [-0.1, -0.05) is 5.16 Å². The van der Waals surface area contributed by atoms with Crippen LogP contribution in [0.3, 0.4) is 0 Å². The summed E-state index contributed by atoms with van der Waals surface area (Å²) in [5.41, 5.74) is 1.38. The maximum atomic E-state index is 12.2. The van der Waals surface area contributed by atoms with Gasteiger partial charge in [-0.25, -0.2) is 4.79 Å². The number of carbonyl (C=O) groups is 2. The van der Waals surface area contributed by atoms with Gasteiger partial charge in [0.1, 0.15) is 5.76 Å². The van der Waals surface area contributed by atoms with Crippen LogP contribution >= 0.6 is 0 Å². The second kappa shape index (κ2) is 5.40. The lowest BCUT2D eigenvalue weighted by Crippen LogP contribution is -2.53. The molecule has 0 radical (unpaired) electrons. The molecule has 1 N–H and O–H groups in total. The molecule has 1 aromatic heterocycles. The summed E-state index contributed by atoms with van der Waals surface area (Å²) in [5.74, 6) is -0.706. The third-order valence-corrected chi connectivity index (χ3v) is 3.24. The minimum absolute atomic E-state index is 0.0304. The van der Waals surface area contributed by atoms with Crippen molar-refractivity contribution in [3.8, 4) is 0 Å². The van der Waals surface area contributed by atoms with E-state index in [1.54, 1.807) is 13.8 Å². The van der Waals surface area contributed by atoms with Crippen LogP contribution in [0.25, 0.3) is 0 Å². The molecule has 2 heterocycles. The summed E-state index contributed by atoms with van der Waals surface area (Å²) in [6, 6.07) is -0.915. The first-order valence-electron chi connectivity index (χ1n) is 6.02. The van der Waals surface area contributed by atoms with Crippen LogP contribution in [-0.2, 0) is 20.7 Å². The molecule has 0 aromatic carbocycles. The molecule has 7 heteroatoms. The van der Waals surface area contributed by atoms with Crippen molar-refractivity contribution >= 4 is 11.9 Å². The largest absolute Gasteiger partial charge is 0.480 e. The fourth-order valence-electron chi connectivity index (χ4n) is 2.11. The van der Waals surface area contributed by atoms with E-state index in [9.17, 15) is 9.59 Å². The second-order valence-corrected chi connectivity index (χ2v) is 4.50. The molecule has 1 aromatic rings. The van der Waals surface area contributed by atoms with E-state index in [1.165, 1.54) is 4.90 Å². The molecule has 1 atom stereocenters. The fraction of sp³-hybridized carbons (Fsp3) is 0.583. The topological polar surface area (TPSA) is 92.9 Å². The Hall–Kier alpha value is -1.89. The second-order valence-electron chi connectivity index (χ2n) is 4.50. The Morgan fingerprint density at radius 1 is 1.47 bits per heavy atom. The molecule has 1 amide bonds. The Kier molecular flexibility index (Phi) is 3.84. The summed E-state index contributed by atoms with van der Waals surface area (Å²) in [4.78, 5) is 24.7. The fourth-order valence-corrected chi connectivity index (χ4v) is 2.11. The van der Waals surface area contributed by atoms with Crippen LogP contribution in [0, 0.1) is 13.8 Å². The van der Waals surface area contributed by atoms with Crippen LogP contribution in [-0.4, -0.2) is 52.8 Å². The van der Waals surface area contributed by atoms with E-state index in [0.29, 0.717) is 24.6 Å². The first-order chi connectivity index (χ1) is 9.00. The molecule has 1 aliphatic rings. The van der Waals surface area contributed by atoms with Crippen LogP contribution in [0.2, 0.25) is 0 Å². The molecule has 1 aliphatic heterocycles. The van der Waals surface area contributed by atoms with Crippen molar-refractivity contribution in [2.24, 2.45) is 0 Å². The van der Waals surface area contributed by atoms with Crippen molar-refractivity contribution < 1.29 is 24.0 Å². The zero-order valence-electron chi connectivity index (χ0n) is 10.9. The number of aryl methyl sites for hydroxylation is 2. The quantitative estimate of drug-likeness (QED) is 0.838. The molecule has 1 fully saturated rings. The number of aliphatic carboxylic acids is 1. The van der Waals surface area contributed by atoms with Gasteiger partial charge in [-0.3, -0.25) is 4.79 Å². The van der Waals surface area contributed by atoms with E-state index in [1.807, 2.05) is 0 Å². The minimum Gasteiger partial charge on any atom is -0.480 e. The zero-order chi connectivity index (χ0) is 14.0. The van der Waals surface area contributed by atoms with Gasteiger partial charge in [0.25, 0.3) is 0 Å². The Morgan fingerprint density at radius 3 is 2.79 bits per heavy atom. The van der Waals surface area contributed by atoms with Gasteiger partial charge in [-0.2, -0.15) is 0 Å². The molecule has 1 saturated heterocycles. The number of nitrogens with zero attached hydrogens (tertiary/aromatic N) is 2. The summed E-state index contributed by atoms with van der Waals surface area (Å²) < 4.78 is 10.1. The van der Waals surface area contributed by atoms with E-state index >= 15 is 0 Å². The van der Waals surface area contributed by atoms with Crippen molar-refractivity contribution in [2.45, 2.75) is 26.3 Å². The maximum Gasteiger partial charge on any atom is 0.328 e. The lowest BCUT2D eigenvalue weighted by Gasteiger charge is -2.32. The van der Waals surface area contributed by atoms with Crippen molar-refractivity contribution in [1.29, 1.82) is 0 Å². The number of hydrogen-bond donors (Lipinski definition) is 1. The van der Waals surface area contributed by atoms with Crippen LogP contribution in [0.5, 0.6) is 0 Å². The van der Waals surface area contributed by atoms with E-state index in [2.05, 4.69) is 5.16 Å². The van der Waals surface area contributed by atoms with Gasteiger partial charge in [0.15, 0.2) is 6.04 Å². The zero-order valence-corrected chi connectivity index (χ0v) is 10.9. The van der Waals surface area contributed by atoms with E-state index < -0.39 is 12.0 Å². The summed E-state index contributed by atoms with van der Waals surface area (Å²) in [7, 11) is 0. The number of amides is 1. The molecule has 0 bridgehead atoms. The van der Waals surface area contributed by atoms with Gasteiger partial charge in [0.05, 0.1) is 25.3 Å². The SMILES string of the molecule is Cc1noc(C)c1CC(=O)N1CCOCC1C(=O)O. The highest BCUT2D eigenvalue weighted by Gasteiger charge is 2.33. The summed E-state index contributed by atoms with van der Waals surface area (Å²) in [6.07, 6.45) is 0.102. The number of carboxylic acids is 1. The predicted octanol–water partition coefficient (Wildman–Crippen LogP) is 0.146. The molecule has 19 heavy (non-hydrogen) atoms. The van der Waals surface area contributed by atoms with Crippen molar-refractivity contribution in [1.82, 2.24) is 10.1 Å². The molecule has 104 valence electrons. The van der Waals surface area contributed by atoms with Crippen LogP contribution in [0.15, 0.2) is 4.52 Å². The minimum atomic E-state index is -1.05. The Bertz CT molecular complexity index is 477.